The molecule has 1 aromatic carbocycles. The van der Waals surface area contributed by atoms with Gasteiger partial charge in [-0.3, -0.25) is 9.59 Å². The van der Waals surface area contributed by atoms with E-state index in [0.29, 0.717) is 49.1 Å². The second-order valence-electron chi connectivity index (χ2n) is 6.30. The number of benzene rings is 1. The van der Waals surface area contributed by atoms with Gasteiger partial charge in [0.15, 0.2) is 11.5 Å². The third-order valence-corrected chi connectivity index (χ3v) is 5.51. The molecule has 1 fully saturated rings. The Hall–Kier alpha value is -2.54. The molecule has 0 saturated carbocycles. The number of hydrogen-bond donors (Lipinski definition) is 1. The van der Waals surface area contributed by atoms with Gasteiger partial charge in [-0.25, -0.2) is 0 Å². The third-order valence-electron chi connectivity index (χ3n) is 4.58. The zero-order valence-electron chi connectivity index (χ0n) is 14.3. The van der Waals surface area contributed by atoms with Crippen molar-refractivity contribution in [1.29, 1.82) is 0 Å². The van der Waals surface area contributed by atoms with E-state index in [4.69, 9.17) is 9.47 Å². The molecular weight excluding hydrogens is 352 g/mol. The number of hydrogen-bond acceptors (Lipinski definition) is 5. The summed E-state index contributed by atoms with van der Waals surface area (Å²) in [7, 11) is 0. The average molecular weight is 372 g/mol. The van der Waals surface area contributed by atoms with E-state index in [-0.39, 0.29) is 11.8 Å². The molecule has 0 bridgehead atoms. The number of nitrogens with zero attached hydrogens (tertiary/aromatic N) is 1. The van der Waals surface area contributed by atoms with Crippen molar-refractivity contribution in [1.82, 2.24) is 10.2 Å². The van der Waals surface area contributed by atoms with E-state index in [1.807, 2.05) is 30.3 Å². The first-order valence-electron chi connectivity index (χ1n) is 8.74. The highest BCUT2D eigenvalue weighted by molar-refractivity contribution is 7.12. The fourth-order valence-corrected chi connectivity index (χ4v) is 4.19. The maximum absolute atomic E-state index is 13.3. The Bertz CT molecular complexity index is 805. The molecule has 2 aliphatic heterocycles. The highest BCUT2D eigenvalue weighted by Gasteiger charge is 2.35. The van der Waals surface area contributed by atoms with Gasteiger partial charge in [-0.05, 0) is 12.0 Å². The molecule has 1 saturated heterocycles. The van der Waals surface area contributed by atoms with E-state index in [2.05, 4.69) is 5.32 Å². The standard InChI is InChI=1S/C19H20N2O4S/c22-18-14(11-13-5-2-1-3-6-13)21(8-4-7-20-18)19(23)17-16-15(12-26-17)24-9-10-25-16/h1-3,5-6,12,14H,4,7-11H2,(H,20,22). The molecule has 0 radical (unpaired) electrons. The van der Waals surface area contributed by atoms with Crippen molar-refractivity contribution in [2.45, 2.75) is 18.9 Å². The van der Waals surface area contributed by atoms with Gasteiger partial charge in [-0.1, -0.05) is 30.3 Å². The van der Waals surface area contributed by atoms with Crippen LogP contribution in [0.15, 0.2) is 35.7 Å². The number of carbonyl (C=O) groups is 2. The summed E-state index contributed by atoms with van der Waals surface area (Å²) in [5.41, 5.74) is 1.03. The quantitative estimate of drug-likeness (QED) is 0.896. The first-order chi connectivity index (χ1) is 12.7. The van der Waals surface area contributed by atoms with Gasteiger partial charge < -0.3 is 19.7 Å². The summed E-state index contributed by atoms with van der Waals surface area (Å²) in [6.45, 7) is 2.02. The van der Waals surface area contributed by atoms with Crippen LogP contribution in [0.5, 0.6) is 11.5 Å². The molecule has 2 amide bonds. The lowest BCUT2D eigenvalue weighted by atomic mass is 10.0. The van der Waals surface area contributed by atoms with Crippen LogP contribution in [0.4, 0.5) is 0 Å². The second-order valence-corrected chi connectivity index (χ2v) is 7.18. The van der Waals surface area contributed by atoms with Gasteiger partial charge in [-0.2, -0.15) is 0 Å². The van der Waals surface area contributed by atoms with E-state index in [0.717, 1.165) is 12.0 Å². The Balaban J connectivity index is 1.63. The van der Waals surface area contributed by atoms with Crippen LogP contribution in [0.2, 0.25) is 0 Å². The summed E-state index contributed by atoms with van der Waals surface area (Å²) in [5.74, 6) is 0.847. The Kier molecular flexibility index (Phi) is 4.79. The normalized spacial score (nSPS) is 19.6. The molecule has 1 N–H and O–H groups in total. The minimum absolute atomic E-state index is 0.109. The van der Waals surface area contributed by atoms with Gasteiger partial charge in [0.2, 0.25) is 5.91 Å². The van der Waals surface area contributed by atoms with Gasteiger partial charge in [0.05, 0.1) is 0 Å². The SMILES string of the molecule is O=C1NCCCN(C(=O)c2scc3c2OCCO3)C1Cc1ccccc1. The van der Waals surface area contributed by atoms with Crippen molar-refractivity contribution in [2.75, 3.05) is 26.3 Å². The van der Waals surface area contributed by atoms with Gasteiger partial charge in [0, 0.05) is 24.9 Å². The van der Waals surface area contributed by atoms with Crippen molar-refractivity contribution in [3.05, 3.63) is 46.2 Å². The monoisotopic (exact) mass is 372 g/mol. The van der Waals surface area contributed by atoms with Gasteiger partial charge >= 0.3 is 0 Å². The molecule has 2 aliphatic rings. The predicted molar refractivity (Wildman–Crippen MR) is 97.9 cm³/mol. The van der Waals surface area contributed by atoms with Crippen LogP contribution >= 0.6 is 11.3 Å². The largest absolute Gasteiger partial charge is 0.485 e. The Morgan fingerprint density at radius 1 is 1.23 bits per heavy atom. The van der Waals surface area contributed by atoms with Gasteiger partial charge in [-0.15, -0.1) is 11.3 Å². The van der Waals surface area contributed by atoms with Crippen LogP contribution in [-0.4, -0.2) is 49.1 Å². The van der Waals surface area contributed by atoms with Crippen LogP contribution < -0.4 is 14.8 Å². The number of thiophene rings is 1. The van der Waals surface area contributed by atoms with Crippen LogP contribution in [0, 0.1) is 0 Å². The molecule has 0 aliphatic carbocycles. The van der Waals surface area contributed by atoms with E-state index in [1.54, 1.807) is 10.3 Å². The summed E-state index contributed by atoms with van der Waals surface area (Å²) in [5, 5.41) is 4.72. The van der Waals surface area contributed by atoms with Crippen molar-refractivity contribution >= 4 is 23.2 Å². The fourth-order valence-electron chi connectivity index (χ4n) is 3.30. The predicted octanol–water partition coefficient (Wildman–Crippen LogP) is 2.09. The summed E-state index contributed by atoms with van der Waals surface area (Å²) >= 11 is 1.31. The van der Waals surface area contributed by atoms with E-state index in [1.165, 1.54) is 11.3 Å². The summed E-state index contributed by atoms with van der Waals surface area (Å²) in [6, 6.07) is 9.24. The number of ether oxygens (including phenoxy) is 2. The van der Waals surface area contributed by atoms with Crippen molar-refractivity contribution in [3.63, 3.8) is 0 Å². The first kappa shape index (κ1) is 16.9. The minimum Gasteiger partial charge on any atom is -0.485 e. The van der Waals surface area contributed by atoms with E-state index in [9.17, 15) is 9.59 Å². The molecule has 6 nitrogen and oxygen atoms in total. The molecule has 3 heterocycles. The Labute approximate surface area is 155 Å². The highest BCUT2D eigenvalue weighted by Crippen LogP contribution is 2.40. The van der Waals surface area contributed by atoms with E-state index >= 15 is 0 Å². The van der Waals surface area contributed by atoms with E-state index < -0.39 is 6.04 Å². The number of amides is 2. The van der Waals surface area contributed by atoms with Crippen LogP contribution in [0.1, 0.15) is 21.7 Å². The second kappa shape index (κ2) is 7.37. The Morgan fingerprint density at radius 2 is 2.04 bits per heavy atom. The summed E-state index contributed by atoms with van der Waals surface area (Å²) in [6.07, 6.45) is 1.22. The number of fused-ring (bicyclic) bond motifs is 1. The lowest BCUT2D eigenvalue weighted by Gasteiger charge is -2.28. The van der Waals surface area contributed by atoms with Crippen molar-refractivity contribution in [2.24, 2.45) is 0 Å². The molecular formula is C19H20N2O4S. The zero-order valence-corrected chi connectivity index (χ0v) is 15.1. The maximum Gasteiger partial charge on any atom is 0.268 e. The lowest BCUT2D eigenvalue weighted by Crippen LogP contribution is -2.48. The van der Waals surface area contributed by atoms with Crippen molar-refractivity contribution < 1.29 is 19.1 Å². The number of rotatable bonds is 3. The smallest absolute Gasteiger partial charge is 0.268 e. The van der Waals surface area contributed by atoms with Crippen molar-refractivity contribution in [3.8, 4) is 11.5 Å². The molecule has 1 unspecified atom stereocenters. The van der Waals surface area contributed by atoms with Gasteiger partial charge in [0.1, 0.15) is 24.1 Å². The fraction of sp³-hybridized carbons (Fsp3) is 0.368. The molecule has 7 heteroatoms. The van der Waals surface area contributed by atoms with Crippen LogP contribution in [-0.2, 0) is 11.2 Å². The molecule has 1 aromatic heterocycles. The Morgan fingerprint density at radius 3 is 2.88 bits per heavy atom. The molecule has 4 rings (SSSR count). The topological polar surface area (TPSA) is 67.9 Å². The summed E-state index contributed by atoms with van der Waals surface area (Å²) in [4.78, 5) is 28.1. The molecule has 2 aromatic rings. The van der Waals surface area contributed by atoms with Gasteiger partial charge in [0.25, 0.3) is 5.91 Å². The first-order valence-corrected chi connectivity index (χ1v) is 9.61. The maximum atomic E-state index is 13.3. The lowest BCUT2D eigenvalue weighted by molar-refractivity contribution is -0.124. The average Bonchev–Trinajstić information content (AvgIpc) is 3.02. The molecule has 26 heavy (non-hydrogen) atoms. The van der Waals surface area contributed by atoms with Crippen LogP contribution in [0.3, 0.4) is 0 Å². The third kappa shape index (κ3) is 3.26. The molecule has 0 spiro atoms. The zero-order chi connectivity index (χ0) is 17.9. The molecule has 1 atom stereocenters. The number of carbonyl (C=O) groups excluding carboxylic acids is 2. The summed E-state index contributed by atoms with van der Waals surface area (Å²) < 4.78 is 11.2. The highest BCUT2D eigenvalue weighted by atomic mass is 32.1. The van der Waals surface area contributed by atoms with Crippen LogP contribution in [0.25, 0.3) is 0 Å². The molecule has 136 valence electrons. The number of nitrogens with one attached hydrogen (secondary N) is 1. The minimum atomic E-state index is -0.533.